The number of halogens is 2. The summed E-state index contributed by atoms with van der Waals surface area (Å²) in [4.78, 5) is 12.6. The molecule has 0 aromatic heterocycles. The lowest BCUT2D eigenvalue weighted by Gasteiger charge is -2.33. The summed E-state index contributed by atoms with van der Waals surface area (Å²) < 4.78 is 5.84. The van der Waals surface area contributed by atoms with Crippen LogP contribution >= 0.6 is 23.2 Å². The number of hydrogen-bond donors (Lipinski definition) is 0. The third-order valence-electron chi connectivity index (χ3n) is 3.19. The first-order chi connectivity index (χ1) is 6.93. The number of nitrogens with zero attached hydrogens (tertiary/aromatic N) is 1. The van der Waals surface area contributed by atoms with Gasteiger partial charge < -0.3 is 9.64 Å². The zero-order valence-corrected chi connectivity index (χ0v) is 10.4. The Morgan fingerprint density at radius 1 is 1.47 bits per heavy atom. The lowest BCUT2D eigenvalue weighted by Crippen LogP contribution is -2.49. The van der Waals surface area contributed by atoms with E-state index in [9.17, 15) is 4.79 Å². The van der Waals surface area contributed by atoms with E-state index < -0.39 is 10.6 Å². The lowest BCUT2D eigenvalue weighted by atomic mass is 10.1. The van der Waals surface area contributed by atoms with E-state index in [1.807, 2.05) is 13.8 Å². The summed E-state index contributed by atoms with van der Waals surface area (Å²) in [7, 11) is 0. The van der Waals surface area contributed by atoms with Gasteiger partial charge in [-0.1, -0.05) is 23.2 Å². The van der Waals surface area contributed by atoms with E-state index in [0.29, 0.717) is 0 Å². The number of amides is 1. The van der Waals surface area contributed by atoms with Gasteiger partial charge >= 0.3 is 0 Å². The number of alkyl halides is 2. The first-order valence-corrected chi connectivity index (χ1v) is 6.10. The largest absolute Gasteiger partial charge is 0.351 e. The number of hydrogen-bond acceptors (Lipinski definition) is 2. The molecule has 0 N–H and O–H groups in total. The maximum atomic E-state index is 11.9. The second kappa shape index (κ2) is 3.79. The smallest absolute Gasteiger partial charge is 0.258 e. The van der Waals surface area contributed by atoms with Crippen molar-refractivity contribution in [3.05, 3.63) is 0 Å². The molecule has 0 aromatic carbocycles. The highest BCUT2D eigenvalue weighted by atomic mass is 35.5. The molecule has 2 aliphatic rings. The first kappa shape index (κ1) is 11.5. The van der Waals surface area contributed by atoms with Crippen LogP contribution in [0.25, 0.3) is 0 Å². The molecule has 1 saturated carbocycles. The summed E-state index contributed by atoms with van der Waals surface area (Å²) in [6, 6.07) is 0.160. The lowest BCUT2D eigenvalue weighted by molar-refractivity contribution is -0.146. The molecule has 1 aliphatic heterocycles. The van der Waals surface area contributed by atoms with Crippen molar-refractivity contribution in [1.29, 1.82) is 0 Å². The first-order valence-electron chi connectivity index (χ1n) is 5.22. The van der Waals surface area contributed by atoms with E-state index >= 15 is 0 Å². The molecule has 2 atom stereocenters. The number of rotatable bonds is 1. The van der Waals surface area contributed by atoms with Gasteiger partial charge in [0.25, 0.3) is 5.91 Å². The van der Waals surface area contributed by atoms with Gasteiger partial charge in [0.15, 0.2) is 4.84 Å². The van der Waals surface area contributed by atoms with Gasteiger partial charge in [0.05, 0.1) is 12.1 Å². The van der Waals surface area contributed by atoms with Crippen LogP contribution < -0.4 is 0 Å². The Balaban J connectivity index is 2.23. The van der Waals surface area contributed by atoms with Crippen LogP contribution in [0.4, 0.5) is 0 Å². The second-order valence-corrected chi connectivity index (χ2v) is 5.71. The molecular formula is C10H15Cl2NO2. The number of ether oxygens (including phenoxy) is 1. The minimum atomic E-state index is -0.993. The highest BCUT2D eigenvalue weighted by molar-refractivity contribution is 6.53. The van der Waals surface area contributed by atoms with E-state index in [1.54, 1.807) is 4.90 Å². The minimum absolute atomic E-state index is 0.160. The van der Waals surface area contributed by atoms with E-state index in [2.05, 4.69) is 0 Å². The van der Waals surface area contributed by atoms with Crippen molar-refractivity contribution in [3.63, 3.8) is 0 Å². The normalized spacial score (nSPS) is 33.5. The molecule has 2 fully saturated rings. The predicted molar refractivity (Wildman–Crippen MR) is 58.9 cm³/mol. The van der Waals surface area contributed by atoms with Gasteiger partial charge in [-0.05, 0) is 33.1 Å². The van der Waals surface area contributed by atoms with Crippen LogP contribution in [-0.2, 0) is 9.53 Å². The fourth-order valence-corrected chi connectivity index (χ4v) is 2.91. The van der Waals surface area contributed by atoms with Crippen LogP contribution in [0, 0.1) is 0 Å². The molecule has 3 nitrogen and oxygen atoms in total. The Morgan fingerprint density at radius 3 is 2.73 bits per heavy atom. The standard InChI is InChI=1S/C10H15Cl2NO2/c1-10(2)13(9(14)8(11)12)6-4-3-5-7(6)15-10/h6-8H,3-5H2,1-2H3. The third-order valence-corrected chi connectivity index (χ3v) is 3.57. The summed E-state index contributed by atoms with van der Waals surface area (Å²) in [5.74, 6) is -0.238. The van der Waals surface area contributed by atoms with E-state index in [-0.39, 0.29) is 18.1 Å². The van der Waals surface area contributed by atoms with Crippen LogP contribution in [0.15, 0.2) is 0 Å². The molecule has 0 radical (unpaired) electrons. The monoisotopic (exact) mass is 251 g/mol. The van der Waals surface area contributed by atoms with Crippen molar-refractivity contribution in [3.8, 4) is 0 Å². The van der Waals surface area contributed by atoms with Gasteiger partial charge in [-0.2, -0.15) is 0 Å². The molecule has 0 spiro atoms. The highest BCUT2D eigenvalue weighted by Gasteiger charge is 2.52. The van der Waals surface area contributed by atoms with Gasteiger partial charge in [-0.25, -0.2) is 0 Å². The highest BCUT2D eigenvalue weighted by Crippen LogP contribution is 2.41. The fraction of sp³-hybridized carbons (Fsp3) is 0.900. The minimum Gasteiger partial charge on any atom is -0.351 e. The summed E-state index contributed by atoms with van der Waals surface area (Å²) in [5, 5.41) is 0. The van der Waals surface area contributed by atoms with Crippen molar-refractivity contribution >= 4 is 29.1 Å². The summed E-state index contributed by atoms with van der Waals surface area (Å²) in [6.45, 7) is 3.78. The summed E-state index contributed by atoms with van der Waals surface area (Å²) in [5.41, 5.74) is -0.575. The van der Waals surface area contributed by atoms with E-state index in [0.717, 1.165) is 19.3 Å². The molecule has 86 valence electrons. The molecule has 0 bridgehead atoms. The fourth-order valence-electron chi connectivity index (χ4n) is 2.70. The average Bonchev–Trinajstić information content (AvgIpc) is 2.59. The molecule has 0 aromatic rings. The Kier molecular flexibility index (Phi) is 2.91. The predicted octanol–water partition coefficient (Wildman–Crippen LogP) is 2.31. The summed E-state index contributed by atoms with van der Waals surface area (Å²) >= 11 is 11.3. The van der Waals surface area contributed by atoms with Gasteiger partial charge in [-0.15, -0.1) is 0 Å². The van der Waals surface area contributed by atoms with Crippen LogP contribution in [0.5, 0.6) is 0 Å². The molecule has 15 heavy (non-hydrogen) atoms. The van der Waals surface area contributed by atoms with Crippen molar-refractivity contribution < 1.29 is 9.53 Å². The Labute approximate surface area is 99.7 Å². The van der Waals surface area contributed by atoms with Gasteiger partial charge in [0.2, 0.25) is 0 Å². The molecule has 2 unspecified atom stereocenters. The third kappa shape index (κ3) is 1.85. The van der Waals surface area contributed by atoms with Crippen LogP contribution in [-0.4, -0.2) is 33.5 Å². The topological polar surface area (TPSA) is 29.5 Å². The van der Waals surface area contributed by atoms with Gasteiger partial charge in [-0.3, -0.25) is 4.79 Å². The van der Waals surface area contributed by atoms with Crippen molar-refractivity contribution in [2.24, 2.45) is 0 Å². The zero-order chi connectivity index (χ0) is 11.2. The molecule has 1 aliphatic carbocycles. The van der Waals surface area contributed by atoms with E-state index in [1.165, 1.54) is 0 Å². The van der Waals surface area contributed by atoms with E-state index in [4.69, 9.17) is 27.9 Å². The molecule has 5 heteroatoms. The molecule has 1 amide bonds. The van der Waals surface area contributed by atoms with Crippen molar-refractivity contribution in [2.45, 2.75) is 55.8 Å². The van der Waals surface area contributed by atoms with Crippen molar-refractivity contribution in [1.82, 2.24) is 4.90 Å². The Morgan fingerprint density at radius 2 is 2.13 bits per heavy atom. The number of carbonyl (C=O) groups excluding carboxylic acids is 1. The Hall–Kier alpha value is 0.01000. The molecule has 1 saturated heterocycles. The van der Waals surface area contributed by atoms with Gasteiger partial charge in [0.1, 0.15) is 5.72 Å². The maximum absolute atomic E-state index is 11.9. The molecule has 2 rings (SSSR count). The quantitative estimate of drug-likeness (QED) is 0.670. The Bertz CT molecular complexity index is 281. The second-order valence-electron chi connectivity index (χ2n) is 4.61. The maximum Gasteiger partial charge on any atom is 0.258 e. The zero-order valence-electron chi connectivity index (χ0n) is 8.87. The van der Waals surface area contributed by atoms with Crippen LogP contribution in [0.2, 0.25) is 0 Å². The molecule has 1 heterocycles. The number of carbonyl (C=O) groups is 1. The molecular weight excluding hydrogens is 237 g/mol. The van der Waals surface area contributed by atoms with Crippen molar-refractivity contribution in [2.75, 3.05) is 0 Å². The SMILES string of the molecule is CC1(C)OC2CCCC2N1C(=O)C(Cl)Cl. The van der Waals surface area contributed by atoms with Gasteiger partial charge in [0, 0.05) is 0 Å². The number of fused-ring (bicyclic) bond motifs is 1. The van der Waals surface area contributed by atoms with Crippen LogP contribution in [0.1, 0.15) is 33.1 Å². The summed E-state index contributed by atoms with van der Waals surface area (Å²) in [6.07, 6.45) is 3.27. The van der Waals surface area contributed by atoms with Crippen LogP contribution in [0.3, 0.4) is 0 Å². The average molecular weight is 252 g/mol.